The summed E-state index contributed by atoms with van der Waals surface area (Å²) in [6.07, 6.45) is 2.17. The van der Waals surface area contributed by atoms with E-state index < -0.39 is 0 Å². The zero-order valence-corrected chi connectivity index (χ0v) is 17.3. The van der Waals surface area contributed by atoms with Crippen LogP contribution < -0.4 is 19.5 Å². The zero-order chi connectivity index (χ0) is 21.1. The van der Waals surface area contributed by atoms with Crippen molar-refractivity contribution in [1.29, 1.82) is 0 Å². The summed E-state index contributed by atoms with van der Waals surface area (Å²) in [5.74, 6) is 2.68. The fourth-order valence-electron chi connectivity index (χ4n) is 3.72. The molecule has 7 nitrogen and oxygen atoms in total. The van der Waals surface area contributed by atoms with Crippen LogP contribution in [0, 0.1) is 0 Å². The quantitative estimate of drug-likeness (QED) is 0.637. The van der Waals surface area contributed by atoms with Gasteiger partial charge in [-0.15, -0.1) is 0 Å². The van der Waals surface area contributed by atoms with Crippen molar-refractivity contribution in [3.05, 3.63) is 59.8 Å². The predicted molar refractivity (Wildman–Crippen MR) is 114 cm³/mol. The van der Waals surface area contributed by atoms with Gasteiger partial charge < -0.3 is 19.5 Å². The lowest BCUT2D eigenvalue weighted by atomic mass is 9.87. The number of hydrogen-bond donors (Lipinski definition) is 1. The molecule has 0 saturated carbocycles. The zero-order valence-electron chi connectivity index (χ0n) is 17.3. The second kappa shape index (κ2) is 8.49. The number of benzene rings is 2. The van der Waals surface area contributed by atoms with Crippen LogP contribution in [0.2, 0.25) is 0 Å². The fourth-order valence-corrected chi connectivity index (χ4v) is 3.72. The predicted octanol–water partition coefficient (Wildman–Crippen LogP) is 4.15. The SMILES string of the molecule is CCOc1ccc(C2CC(=O)Nc3c2cnn3-c2ccc(OC)cc2)cc1OCC. The van der Waals surface area contributed by atoms with Gasteiger partial charge in [0.2, 0.25) is 5.91 Å². The first-order valence-electron chi connectivity index (χ1n) is 10.1. The molecule has 4 rings (SSSR count). The molecule has 0 fully saturated rings. The van der Waals surface area contributed by atoms with E-state index in [0.29, 0.717) is 37.0 Å². The largest absolute Gasteiger partial charge is 0.497 e. The van der Waals surface area contributed by atoms with E-state index in [0.717, 1.165) is 22.6 Å². The Hall–Kier alpha value is -3.48. The smallest absolute Gasteiger partial charge is 0.226 e. The number of methoxy groups -OCH3 is 1. The molecule has 3 aromatic rings. The van der Waals surface area contributed by atoms with E-state index in [1.807, 2.05) is 62.5 Å². The van der Waals surface area contributed by atoms with Crippen molar-refractivity contribution in [1.82, 2.24) is 9.78 Å². The summed E-state index contributed by atoms with van der Waals surface area (Å²) in [6.45, 7) is 4.97. The Balaban J connectivity index is 1.73. The maximum Gasteiger partial charge on any atom is 0.226 e. The van der Waals surface area contributed by atoms with Gasteiger partial charge in [0.25, 0.3) is 0 Å². The third-order valence-electron chi connectivity index (χ3n) is 5.11. The molecule has 1 unspecified atom stereocenters. The molecule has 0 radical (unpaired) electrons. The number of fused-ring (bicyclic) bond motifs is 1. The number of carbonyl (C=O) groups is 1. The molecule has 0 aliphatic carbocycles. The van der Waals surface area contributed by atoms with E-state index in [4.69, 9.17) is 14.2 Å². The molecule has 1 N–H and O–H groups in total. The molecule has 1 aliphatic rings. The summed E-state index contributed by atoms with van der Waals surface area (Å²) >= 11 is 0. The van der Waals surface area contributed by atoms with Crippen molar-refractivity contribution < 1.29 is 19.0 Å². The van der Waals surface area contributed by atoms with Crippen LogP contribution in [0.3, 0.4) is 0 Å². The molecule has 2 heterocycles. The molecule has 156 valence electrons. The Kier molecular flexibility index (Phi) is 5.61. The van der Waals surface area contributed by atoms with E-state index in [-0.39, 0.29) is 11.8 Å². The van der Waals surface area contributed by atoms with Gasteiger partial charge in [-0.05, 0) is 55.8 Å². The van der Waals surface area contributed by atoms with Crippen LogP contribution >= 0.6 is 0 Å². The number of nitrogens with one attached hydrogen (secondary N) is 1. The third-order valence-corrected chi connectivity index (χ3v) is 5.11. The fraction of sp³-hybridized carbons (Fsp3) is 0.304. The van der Waals surface area contributed by atoms with Crippen molar-refractivity contribution in [3.8, 4) is 22.9 Å². The first-order valence-corrected chi connectivity index (χ1v) is 10.1. The van der Waals surface area contributed by atoms with E-state index in [1.54, 1.807) is 11.8 Å². The van der Waals surface area contributed by atoms with Crippen molar-refractivity contribution in [2.75, 3.05) is 25.6 Å². The van der Waals surface area contributed by atoms with Crippen LogP contribution in [-0.4, -0.2) is 36.0 Å². The molecule has 0 saturated heterocycles. The van der Waals surface area contributed by atoms with Gasteiger partial charge in [0, 0.05) is 17.9 Å². The van der Waals surface area contributed by atoms with Crippen LogP contribution in [0.1, 0.15) is 37.3 Å². The monoisotopic (exact) mass is 407 g/mol. The summed E-state index contributed by atoms with van der Waals surface area (Å²) in [4.78, 5) is 12.5. The first kappa shape index (κ1) is 19.8. The highest BCUT2D eigenvalue weighted by atomic mass is 16.5. The minimum atomic E-state index is -0.115. The third kappa shape index (κ3) is 3.70. The molecule has 7 heteroatoms. The minimum Gasteiger partial charge on any atom is -0.497 e. The molecule has 2 aromatic carbocycles. The number of ether oxygens (including phenoxy) is 3. The Morgan fingerprint density at radius 1 is 1.07 bits per heavy atom. The van der Waals surface area contributed by atoms with Gasteiger partial charge in [0.1, 0.15) is 11.6 Å². The number of anilines is 1. The van der Waals surface area contributed by atoms with E-state index >= 15 is 0 Å². The Bertz CT molecular complexity index is 1040. The number of hydrogen-bond acceptors (Lipinski definition) is 5. The summed E-state index contributed by atoms with van der Waals surface area (Å²) < 4.78 is 18.4. The second-order valence-electron chi connectivity index (χ2n) is 6.94. The van der Waals surface area contributed by atoms with Gasteiger partial charge in [-0.1, -0.05) is 6.07 Å². The number of rotatable bonds is 7. The Labute approximate surface area is 175 Å². The van der Waals surface area contributed by atoms with Crippen molar-refractivity contribution in [3.63, 3.8) is 0 Å². The van der Waals surface area contributed by atoms with Crippen LogP contribution in [0.4, 0.5) is 5.82 Å². The van der Waals surface area contributed by atoms with E-state index in [2.05, 4.69) is 10.4 Å². The highest BCUT2D eigenvalue weighted by Crippen LogP contribution is 2.41. The van der Waals surface area contributed by atoms with Crippen molar-refractivity contribution >= 4 is 11.7 Å². The van der Waals surface area contributed by atoms with Crippen LogP contribution in [0.15, 0.2) is 48.7 Å². The Morgan fingerprint density at radius 3 is 2.50 bits per heavy atom. The van der Waals surface area contributed by atoms with Gasteiger partial charge >= 0.3 is 0 Å². The molecule has 1 aliphatic heterocycles. The molecular formula is C23H25N3O4. The maximum absolute atomic E-state index is 12.5. The molecular weight excluding hydrogens is 382 g/mol. The molecule has 1 amide bonds. The van der Waals surface area contributed by atoms with Gasteiger partial charge in [-0.3, -0.25) is 4.79 Å². The first-order chi connectivity index (χ1) is 14.6. The average molecular weight is 407 g/mol. The van der Waals surface area contributed by atoms with Crippen LogP contribution in [0.25, 0.3) is 5.69 Å². The minimum absolute atomic E-state index is 0.0467. The van der Waals surface area contributed by atoms with Crippen molar-refractivity contribution in [2.24, 2.45) is 0 Å². The lowest BCUT2D eigenvalue weighted by Gasteiger charge is -2.24. The highest BCUT2D eigenvalue weighted by molar-refractivity contribution is 5.94. The summed E-state index contributed by atoms with van der Waals surface area (Å²) in [6, 6.07) is 13.4. The number of carbonyl (C=O) groups excluding carboxylic acids is 1. The molecule has 30 heavy (non-hydrogen) atoms. The number of nitrogens with zero attached hydrogens (tertiary/aromatic N) is 2. The van der Waals surface area contributed by atoms with Gasteiger partial charge in [-0.25, -0.2) is 4.68 Å². The van der Waals surface area contributed by atoms with E-state index in [1.165, 1.54) is 0 Å². The molecule has 0 spiro atoms. The number of amides is 1. The average Bonchev–Trinajstić information content (AvgIpc) is 3.18. The van der Waals surface area contributed by atoms with Gasteiger partial charge in [0.05, 0.1) is 32.2 Å². The topological polar surface area (TPSA) is 74.6 Å². The molecule has 1 aromatic heterocycles. The molecule has 0 bridgehead atoms. The Morgan fingerprint density at radius 2 is 1.80 bits per heavy atom. The lowest BCUT2D eigenvalue weighted by molar-refractivity contribution is -0.116. The lowest BCUT2D eigenvalue weighted by Crippen LogP contribution is -2.24. The standard InChI is InChI=1S/C23H25N3O4/c1-4-29-20-11-6-15(12-21(20)30-5-2)18-13-22(27)25-23-19(18)14-24-26(23)16-7-9-17(28-3)10-8-16/h6-12,14,18H,4-5,13H2,1-3H3,(H,25,27). The van der Waals surface area contributed by atoms with Gasteiger partial charge in [-0.2, -0.15) is 5.10 Å². The second-order valence-corrected chi connectivity index (χ2v) is 6.94. The normalized spacial score (nSPS) is 15.3. The highest BCUT2D eigenvalue weighted by Gasteiger charge is 2.31. The number of aromatic nitrogens is 2. The summed E-state index contributed by atoms with van der Waals surface area (Å²) in [5.41, 5.74) is 2.81. The van der Waals surface area contributed by atoms with Crippen molar-refractivity contribution in [2.45, 2.75) is 26.2 Å². The summed E-state index contributed by atoms with van der Waals surface area (Å²) in [5, 5.41) is 7.53. The van der Waals surface area contributed by atoms with Crippen LogP contribution in [-0.2, 0) is 4.79 Å². The maximum atomic E-state index is 12.5. The summed E-state index contributed by atoms with van der Waals surface area (Å²) in [7, 11) is 1.63. The van der Waals surface area contributed by atoms with Crippen LogP contribution in [0.5, 0.6) is 17.2 Å². The van der Waals surface area contributed by atoms with Gasteiger partial charge in [0.15, 0.2) is 11.5 Å². The van der Waals surface area contributed by atoms with E-state index in [9.17, 15) is 4.79 Å². The molecule has 1 atom stereocenters.